The van der Waals surface area contributed by atoms with Crippen molar-refractivity contribution in [2.24, 2.45) is 5.92 Å². The first kappa shape index (κ1) is 13.5. The van der Waals surface area contributed by atoms with Crippen molar-refractivity contribution in [1.29, 1.82) is 0 Å². The normalized spacial score (nSPS) is 18.6. The lowest BCUT2D eigenvalue weighted by molar-refractivity contribution is -0.138. The molecular weight excluding hydrogens is 261 g/mol. The molecule has 1 aromatic rings. The fourth-order valence-electron chi connectivity index (χ4n) is 2.17. The van der Waals surface area contributed by atoms with Gasteiger partial charge in [-0.3, -0.25) is 14.4 Å². The van der Waals surface area contributed by atoms with Crippen LogP contribution in [0, 0.1) is 5.92 Å². The molecule has 3 nitrogen and oxygen atoms in total. The first-order valence-corrected chi connectivity index (χ1v) is 5.60. The van der Waals surface area contributed by atoms with Crippen LogP contribution in [0.25, 0.3) is 0 Å². The van der Waals surface area contributed by atoms with E-state index in [1.54, 1.807) is 0 Å². The molecule has 0 amide bonds. The second-order valence-corrected chi connectivity index (χ2v) is 4.21. The minimum Gasteiger partial charge on any atom is -0.298 e. The van der Waals surface area contributed by atoms with Gasteiger partial charge >= 0.3 is 6.18 Å². The van der Waals surface area contributed by atoms with Gasteiger partial charge in [-0.15, -0.1) is 0 Å². The predicted octanol–water partition coefficient (Wildman–Crippen LogP) is 2.68. The Balaban J connectivity index is 2.63. The van der Waals surface area contributed by atoms with Gasteiger partial charge < -0.3 is 0 Å². The Morgan fingerprint density at radius 2 is 1.84 bits per heavy atom. The van der Waals surface area contributed by atoms with Crippen molar-refractivity contribution >= 4 is 17.3 Å². The van der Waals surface area contributed by atoms with Crippen LogP contribution in [0.4, 0.5) is 13.2 Å². The van der Waals surface area contributed by atoms with Gasteiger partial charge in [-0.1, -0.05) is 19.1 Å². The number of ketones is 3. The average molecular weight is 270 g/mol. The van der Waals surface area contributed by atoms with Crippen LogP contribution in [0.3, 0.4) is 0 Å². The SMILES string of the molecule is CCC(=O)C1C(=O)c2cccc(C(F)(F)F)c2C1=O. The maximum Gasteiger partial charge on any atom is 0.417 e. The Labute approximate surface area is 106 Å². The quantitative estimate of drug-likeness (QED) is 0.776. The number of hydrogen-bond acceptors (Lipinski definition) is 3. The molecule has 1 aromatic carbocycles. The van der Waals surface area contributed by atoms with Crippen LogP contribution in [-0.2, 0) is 11.0 Å². The van der Waals surface area contributed by atoms with Crippen molar-refractivity contribution in [3.8, 4) is 0 Å². The average Bonchev–Trinajstić information content (AvgIpc) is 2.60. The summed E-state index contributed by atoms with van der Waals surface area (Å²) in [7, 11) is 0. The second kappa shape index (κ2) is 4.29. The van der Waals surface area contributed by atoms with Crippen molar-refractivity contribution in [3.05, 3.63) is 34.9 Å². The molecule has 0 saturated carbocycles. The van der Waals surface area contributed by atoms with Crippen LogP contribution < -0.4 is 0 Å². The zero-order valence-corrected chi connectivity index (χ0v) is 9.88. The smallest absolute Gasteiger partial charge is 0.298 e. The number of benzene rings is 1. The molecule has 0 bridgehead atoms. The fraction of sp³-hybridized carbons (Fsp3) is 0.308. The van der Waals surface area contributed by atoms with Gasteiger partial charge in [0.1, 0.15) is 5.92 Å². The van der Waals surface area contributed by atoms with Crippen LogP contribution >= 0.6 is 0 Å². The van der Waals surface area contributed by atoms with Crippen LogP contribution in [0.2, 0.25) is 0 Å². The molecule has 2 rings (SSSR count). The summed E-state index contributed by atoms with van der Waals surface area (Å²) in [4.78, 5) is 35.4. The molecule has 0 heterocycles. The Morgan fingerprint density at radius 1 is 1.21 bits per heavy atom. The van der Waals surface area contributed by atoms with Gasteiger partial charge in [-0.05, 0) is 6.07 Å². The number of carbonyl (C=O) groups is 3. The molecule has 0 radical (unpaired) electrons. The molecule has 0 fully saturated rings. The minimum absolute atomic E-state index is 0.0719. The van der Waals surface area contributed by atoms with Gasteiger partial charge in [0, 0.05) is 17.5 Å². The molecule has 1 unspecified atom stereocenters. The molecule has 0 N–H and O–H groups in total. The van der Waals surface area contributed by atoms with Gasteiger partial charge in [0.2, 0.25) is 0 Å². The van der Waals surface area contributed by atoms with E-state index in [9.17, 15) is 27.6 Å². The summed E-state index contributed by atoms with van der Waals surface area (Å²) in [5.74, 6) is -4.14. The van der Waals surface area contributed by atoms with Crippen LogP contribution in [0.15, 0.2) is 18.2 Å². The lowest BCUT2D eigenvalue weighted by Gasteiger charge is -2.10. The first-order chi connectivity index (χ1) is 8.79. The molecular formula is C13H9F3O3. The number of halogens is 3. The highest BCUT2D eigenvalue weighted by Crippen LogP contribution is 2.38. The largest absolute Gasteiger partial charge is 0.417 e. The molecule has 1 aliphatic rings. The second-order valence-electron chi connectivity index (χ2n) is 4.21. The number of alkyl halides is 3. The van der Waals surface area contributed by atoms with Crippen molar-refractivity contribution in [1.82, 2.24) is 0 Å². The van der Waals surface area contributed by atoms with E-state index in [4.69, 9.17) is 0 Å². The molecule has 1 atom stereocenters. The van der Waals surface area contributed by atoms with Gasteiger partial charge in [-0.25, -0.2) is 0 Å². The summed E-state index contributed by atoms with van der Waals surface area (Å²) in [6.07, 6.45) is -4.80. The van der Waals surface area contributed by atoms with Crippen LogP contribution in [0.1, 0.15) is 39.6 Å². The first-order valence-electron chi connectivity index (χ1n) is 5.60. The molecule has 0 spiro atoms. The summed E-state index contributed by atoms with van der Waals surface area (Å²) < 4.78 is 38.4. The van der Waals surface area contributed by atoms with Gasteiger partial charge in [-0.2, -0.15) is 13.2 Å². The molecule has 1 aliphatic carbocycles. The Bertz CT molecular complexity index is 587. The fourth-order valence-corrected chi connectivity index (χ4v) is 2.17. The summed E-state index contributed by atoms with van der Waals surface area (Å²) in [6, 6.07) is 2.95. The van der Waals surface area contributed by atoms with Crippen LogP contribution in [0.5, 0.6) is 0 Å². The lowest BCUT2D eigenvalue weighted by atomic mass is 9.96. The van der Waals surface area contributed by atoms with E-state index in [-0.39, 0.29) is 12.0 Å². The maximum atomic E-state index is 12.8. The van der Waals surface area contributed by atoms with Gasteiger partial charge in [0.05, 0.1) is 5.56 Å². The molecule has 0 saturated heterocycles. The standard InChI is InChI=1S/C13H9F3O3/c1-2-8(17)10-11(18)6-4-3-5-7(13(14,15)16)9(6)12(10)19/h3-5,10H,2H2,1H3. The molecule has 0 aliphatic heterocycles. The summed E-state index contributed by atoms with van der Waals surface area (Å²) >= 11 is 0. The van der Waals surface area contributed by atoms with E-state index in [0.717, 1.165) is 18.2 Å². The topological polar surface area (TPSA) is 51.2 Å². The van der Waals surface area contributed by atoms with Gasteiger partial charge in [0.25, 0.3) is 0 Å². The minimum atomic E-state index is -4.73. The lowest BCUT2D eigenvalue weighted by Crippen LogP contribution is -2.25. The monoisotopic (exact) mass is 270 g/mol. The van der Waals surface area contributed by atoms with Gasteiger partial charge in [0.15, 0.2) is 17.3 Å². The summed E-state index contributed by atoms with van der Waals surface area (Å²) in [6.45, 7) is 1.45. The van der Waals surface area contributed by atoms with E-state index in [1.807, 2.05) is 0 Å². The third kappa shape index (κ3) is 1.97. The summed E-state index contributed by atoms with van der Waals surface area (Å²) in [5.41, 5.74) is -2.15. The number of Topliss-reactive ketones (excluding diaryl/α,β-unsaturated/α-hetero) is 3. The molecule has 0 aromatic heterocycles. The van der Waals surface area contributed by atoms with Crippen molar-refractivity contribution in [2.75, 3.05) is 0 Å². The molecule has 19 heavy (non-hydrogen) atoms. The number of fused-ring (bicyclic) bond motifs is 1. The summed E-state index contributed by atoms with van der Waals surface area (Å²) in [5, 5.41) is 0. The Kier molecular flexibility index (Phi) is 3.04. The van der Waals surface area contributed by atoms with E-state index >= 15 is 0 Å². The number of rotatable bonds is 2. The van der Waals surface area contributed by atoms with E-state index in [1.165, 1.54) is 6.92 Å². The highest BCUT2D eigenvalue weighted by molar-refractivity contribution is 6.35. The number of carbonyl (C=O) groups excluding carboxylic acids is 3. The van der Waals surface area contributed by atoms with Crippen molar-refractivity contribution < 1.29 is 27.6 Å². The molecule has 6 heteroatoms. The highest BCUT2D eigenvalue weighted by atomic mass is 19.4. The van der Waals surface area contributed by atoms with E-state index in [2.05, 4.69) is 0 Å². The van der Waals surface area contributed by atoms with Crippen molar-refractivity contribution in [2.45, 2.75) is 19.5 Å². The van der Waals surface area contributed by atoms with E-state index in [0.29, 0.717) is 0 Å². The highest BCUT2D eigenvalue weighted by Gasteiger charge is 2.47. The zero-order chi connectivity index (χ0) is 14.4. The Morgan fingerprint density at radius 3 is 2.37 bits per heavy atom. The molecule has 100 valence electrons. The number of hydrogen-bond donors (Lipinski definition) is 0. The van der Waals surface area contributed by atoms with E-state index < -0.39 is 40.6 Å². The maximum absolute atomic E-state index is 12.8. The third-order valence-electron chi connectivity index (χ3n) is 3.08. The third-order valence-corrected chi connectivity index (χ3v) is 3.08. The Hall–Kier alpha value is -1.98. The van der Waals surface area contributed by atoms with Crippen LogP contribution in [-0.4, -0.2) is 17.3 Å². The predicted molar refractivity (Wildman–Crippen MR) is 58.9 cm³/mol. The zero-order valence-electron chi connectivity index (χ0n) is 9.88. The van der Waals surface area contributed by atoms with Crippen molar-refractivity contribution in [3.63, 3.8) is 0 Å².